The van der Waals surface area contributed by atoms with E-state index in [1.54, 1.807) is 0 Å². The molecule has 1 rings (SSSR count). The van der Waals surface area contributed by atoms with Crippen LogP contribution < -0.4 is 0 Å². The van der Waals surface area contributed by atoms with Crippen LogP contribution in [0.4, 0.5) is 0 Å². The minimum Gasteiger partial charge on any atom is -0.478 e. The van der Waals surface area contributed by atoms with Crippen molar-refractivity contribution in [2.45, 2.75) is 0 Å². The molecule has 0 bridgehead atoms. The maximum absolute atomic E-state index is 10.7. The number of aromatic carboxylic acids is 1. The topological polar surface area (TPSA) is 71.4 Å². The SMILES string of the molecule is O=C(O)c1cc(Cl)ccc1I(=O)=O. The molecule has 13 heavy (non-hydrogen) atoms. The van der Waals surface area contributed by atoms with Crippen molar-refractivity contribution >= 4 is 37.4 Å². The van der Waals surface area contributed by atoms with Gasteiger partial charge in [0, 0.05) is 5.02 Å². The number of halogens is 2. The molecule has 0 heterocycles. The third-order valence-corrected chi connectivity index (χ3v) is 3.45. The number of carboxylic acid groups (broad SMARTS) is 1. The Kier molecular flexibility index (Phi) is 3.21. The molecule has 0 fully saturated rings. The molecule has 0 saturated heterocycles. The predicted octanol–water partition coefficient (Wildman–Crippen LogP) is 2.41. The van der Waals surface area contributed by atoms with Gasteiger partial charge in [0.25, 0.3) is 0 Å². The summed E-state index contributed by atoms with van der Waals surface area (Å²) < 4.78 is 21.2. The van der Waals surface area contributed by atoms with Crippen LogP contribution in [-0.2, 0) is 6.14 Å². The molecule has 0 saturated carbocycles. The van der Waals surface area contributed by atoms with Gasteiger partial charge in [-0.15, -0.1) is 0 Å². The quantitative estimate of drug-likeness (QED) is 0.851. The van der Waals surface area contributed by atoms with E-state index >= 15 is 0 Å². The number of benzene rings is 1. The highest BCUT2D eigenvalue weighted by Gasteiger charge is 2.13. The molecule has 0 spiro atoms. The Balaban J connectivity index is 3.44. The van der Waals surface area contributed by atoms with Crippen LogP contribution in [-0.4, -0.2) is 11.1 Å². The van der Waals surface area contributed by atoms with Crippen molar-refractivity contribution in [3.63, 3.8) is 0 Å². The van der Waals surface area contributed by atoms with Crippen molar-refractivity contribution in [2.24, 2.45) is 0 Å². The fraction of sp³-hybridized carbons (Fsp3) is 0. The molecule has 0 unspecified atom stereocenters. The summed E-state index contributed by atoms with van der Waals surface area (Å²) in [4.78, 5) is 10.6. The van der Waals surface area contributed by atoms with E-state index in [-0.39, 0.29) is 14.2 Å². The molecule has 0 radical (unpaired) electrons. The zero-order chi connectivity index (χ0) is 10.0. The Labute approximate surface area is 85.7 Å². The second kappa shape index (κ2) is 4.01. The number of carboxylic acids is 1. The van der Waals surface area contributed by atoms with E-state index in [0.717, 1.165) is 6.07 Å². The van der Waals surface area contributed by atoms with Gasteiger partial charge in [-0.25, -0.2) is 10.9 Å². The average Bonchev–Trinajstić information content (AvgIpc) is 2.03. The number of hydrogen-bond acceptors (Lipinski definition) is 3. The highest BCUT2D eigenvalue weighted by molar-refractivity contribution is 14.2. The van der Waals surface area contributed by atoms with Gasteiger partial charge in [0.2, 0.25) is 0 Å². The van der Waals surface area contributed by atoms with Crippen LogP contribution in [0.25, 0.3) is 0 Å². The third-order valence-electron chi connectivity index (χ3n) is 1.33. The smallest absolute Gasteiger partial charge is 0.341 e. The summed E-state index contributed by atoms with van der Waals surface area (Å²) >= 11 is 1.77. The van der Waals surface area contributed by atoms with Gasteiger partial charge < -0.3 is 5.11 Å². The Morgan fingerprint density at radius 2 is 2.00 bits per heavy atom. The van der Waals surface area contributed by atoms with Crippen LogP contribution >= 0.6 is 31.4 Å². The zero-order valence-corrected chi connectivity index (χ0v) is 9.07. The first-order valence-electron chi connectivity index (χ1n) is 3.10. The summed E-state index contributed by atoms with van der Waals surface area (Å²) in [5.41, 5.74) is -0.261. The molecule has 70 valence electrons. The van der Waals surface area contributed by atoms with Crippen LogP contribution in [0.15, 0.2) is 18.2 Å². The fourth-order valence-electron chi connectivity index (χ4n) is 0.796. The van der Waals surface area contributed by atoms with Crippen molar-refractivity contribution in [3.8, 4) is 0 Å². The molecule has 0 aromatic heterocycles. The first kappa shape index (κ1) is 10.4. The molecule has 1 N–H and O–H groups in total. The van der Waals surface area contributed by atoms with Gasteiger partial charge in [-0.3, -0.25) is 0 Å². The molecule has 0 atom stereocenters. The molecular formula is C7H4ClIO4. The first-order chi connectivity index (χ1) is 6.02. The number of hydrogen-bond donors (Lipinski definition) is 1. The van der Waals surface area contributed by atoms with Crippen LogP contribution in [0.2, 0.25) is 5.02 Å². The summed E-state index contributed by atoms with van der Waals surface area (Å²) in [5.74, 6) is -1.29. The lowest BCUT2D eigenvalue weighted by Crippen LogP contribution is -1.99. The minimum atomic E-state index is -3.75. The van der Waals surface area contributed by atoms with E-state index in [9.17, 15) is 10.9 Å². The van der Waals surface area contributed by atoms with Gasteiger partial charge in [-0.1, -0.05) is 11.6 Å². The van der Waals surface area contributed by atoms with E-state index in [2.05, 4.69) is 0 Å². The second-order valence-electron chi connectivity index (χ2n) is 2.15. The molecule has 0 aliphatic heterocycles. The lowest BCUT2D eigenvalue weighted by atomic mass is 10.2. The van der Waals surface area contributed by atoms with Crippen LogP contribution in [0.3, 0.4) is 0 Å². The van der Waals surface area contributed by atoms with Gasteiger partial charge in [-0.2, -0.15) is 0 Å². The maximum atomic E-state index is 10.7. The van der Waals surface area contributed by atoms with Crippen molar-refractivity contribution in [3.05, 3.63) is 32.4 Å². The van der Waals surface area contributed by atoms with E-state index < -0.39 is 25.8 Å². The summed E-state index contributed by atoms with van der Waals surface area (Å²) in [6.07, 6.45) is 0. The first-order valence-corrected chi connectivity index (χ1v) is 6.32. The summed E-state index contributed by atoms with van der Waals surface area (Å²) in [6.45, 7) is 0. The van der Waals surface area contributed by atoms with Crippen molar-refractivity contribution in [1.29, 1.82) is 0 Å². The Bertz CT molecular complexity index is 417. The van der Waals surface area contributed by atoms with Crippen LogP contribution in [0, 0.1) is 3.57 Å². The molecular weight excluding hydrogens is 310 g/mol. The van der Waals surface area contributed by atoms with Crippen molar-refractivity contribution in [2.75, 3.05) is 0 Å². The molecule has 0 amide bonds. The third kappa shape index (κ3) is 2.38. The van der Waals surface area contributed by atoms with Crippen LogP contribution in [0.1, 0.15) is 10.4 Å². The van der Waals surface area contributed by atoms with E-state index in [1.165, 1.54) is 12.1 Å². The van der Waals surface area contributed by atoms with E-state index in [0.29, 0.717) is 0 Å². The maximum Gasteiger partial charge on any atom is 0.341 e. The van der Waals surface area contributed by atoms with Gasteiger partial charge in [0.05, 0.1) is 9.13 Å². The highest BCUT2D eigenvalue weighted by atomic mass is 127. The molecule has 0 aliphatic rings. The Hall–Kier alpha value is -0.690. The standard InChI is InChI=1S/C7H4ClIO4/c8-4-1-2-6(9(12)13)5(3-4)7(10)11/h1-3H,(H,10,11). The summed E-state index contributed by atoms with van der Waals surface area (Å²) in [6, 6.07) is 3.68. The van der Waals surface area contributed by atoms with Gasteiger partial charge in [0.1, 0.15) is 0 Å². The number of carbonyl (C=O) groups is 1. The Morgan fingerprint density at radius 1 is 1.38 bits per heavy atom. The van der Waals surface area contributed by atoms with E-state index in [1.807, 2.05) is 0 Å². The molecule has 6 heteroatoms. The molecule has 1 aromatic rings. The highest BCUT2D eigenvalue weighted by Crippen LogP contribution is 2.24. The number of rotatable bonds is 2. The minimum absolute atomic E-state index is 0.138. The van der Waals surface area contributed by atoms with Crippen molar-refractivity contribution in [1.82, 2.24) is 0 Å². The summed E-state index contributed by atoms with van der Waals surface area (Å²) in [5, 5.41) is 8.83. The molecule has 4 nitrogen and oxygen atoms in total. The van der Waals surface area contributed by atoms with Crippen LogP contribution in [0.5, 0.6) is 0 Å². The zero-order valence-electron chi connectivity index (χ0n) is 6.16. The predicted molar refractivity (Wildman–Crippen MR) is 52.5 cm³/mol. The molecule has 1 aromatic carbocycles. The van der Waals surface area contributed by atoms with Gasteiger partial charge in [0.15, 0.2) is 0 Å². The average molecular weight is 314 g/mol. The van der Waals surface area contributed by atoms with E-state index in [4.69, 9.17) is 16.7 Å². The Morgan fingerprint density at radius 3 is 2.46 bits per heavy atom. The lowest BCUT2D eigenvalue weighted by Gasteiger charge is -1.97. The van der Waals surface area contributed by atoms with Gasteiger partial charge in [-0.05, 0) is 18.2 Å². The monoisotopic (exact) mass is 314 g/mol. The lowest BCUT2D eigenvalue weighted by molar-refractivity contribution is 0.0695. The summed E-state index contributed by atoms with van der Waals surface area (Å²) in [7, 11) is 0. The second-order valence-corrected chi connectivity index (χ2v) is 4.99. The molecule has 0 aliphatic carbocycles. The largest absolute Gasteiger partial charge is 0.478 e. The van der Waals surface area contributed by atoms with Crippen molar-refractivity contribution < 1.29 is 16.0 Å². The fourth-order valence-corrected chi connectivity index (χ4v) is 2.30. The van der Waals surface area contributed by atoms with Gasteiger partial charge >= 0.3 is 25.8 Å². The normalized spacial score (nSPS) is 10.3.